The molecule has 2 rings (SSSR count). The lowest BCUT2D eigenvalue weighted by Crippen LogP contribution is -2.14. The Morgan fingerprint density at radius 2 is 1.29 bits per heavy atom. The van der Waals surface area contributed by atoms with Crippen molar-refractivity contribution in [3.8, 4) is 11.3 Å². The molecular formula is C14H6F9N. The van der Waals surface area contributed by atoms with E-state index in [0.717, 1.165) is 12.1 Å². The standard InChI is InChI=1S/C14H6F9N/c15-12(16,17)8-3-1-2-7(6-8)11-9(13(18,19)20)4-5-10(24-11)14(21,22)23/h1-6H. The Morgan fingerprint density at radius 3 is 1.79 bits per heavy atom. The molecule has 0 unspecified atom stereocenters. The van der Waals surface area contributed by atoms with E-state index in [1.807, 2.05) is 0 Å². The van der Waals surface area contributed by atoms with Gasteiger partial charge in [0.15, 0.2) is 0 Å². The van der Waals surface area contributed by atoms with Crippen LogP contribution in [0.4, 0.5) is 39.5 Å². The van der Waals surface area contributed by atoms with Crippen molar-refractivity contribution in [2.45, 2.75) is 18.5 Å². The van der Waals surface area contributed by atoms with Gasteiger partial charge in [0.1, 0.15) is 5.69 Å². The monoisotopic (exact) mass is 359 g/mol. The van der Waals surface area contributed by atoms with Crippen LogP contribution in [0.1, 0.15) is 16.8 Å². The van der Waals surface area contributed by atoms with Crippen molar-refractivity contribution in [3.63, 3.8) is 0 Å². The summed E-state index contributed by atoms with van der Waals surface area (Å²) in [5, 5.41) is 0. The molecule has 0 fully saturated rings. The summed E-state index contributed by atoms with van der Waals surface area (Å²) in [4.78, 5) is 2.89. The minimum Gasteiger partial charge on any atom is -0.243 e. The summed E-state index contributed by atoms with van der Waals surface area (Å²) in [6.07, 6.45) is -15.0. The second kappa shape index (κ2) is 5.67. The Balaban J connectivity index is 2.71. The molecule has 0 aliphatic heterocycles. The van der Waals surface area contributed by atoms with E-state index >= 15 is 0 Å². The number of rotatable bonds is 1. The molecule has 130 valence electrons. The summed E-state index contributed by atoms with van der Waals surface area (Å²) < 4.78 is 115. The zero-order chi connectivity index (χ0) is 18.3. The normalized spacial score (nSPS) is 13.2. The van der Waals surface area contributed by atoms with Gasteiger partial charge in [-0.05, 0) is 24.3 Å². The molecule has 0 N–H and O–H groups in total. The molecule has 1 aromatic heterocycles. The molecule has 10 heteroatoms. The first-order chi connectivity index (χ1) is 10.8. The van der Waals surface area contributed by atoms with Crippen molar-refractivity contribution >= 4 is 0 Å². The molecule has 1 aromatic carbocycles. The summed E-state index contributed by atoms with van der Waals surface area (Å²) in [7, 11) is 0. The van der Waals surface area contributed by atoms with Gasteiger partial charge in [-0.1, -0.05) is 12.1 Å². The number of hydrogen-bond donors (Lipinski definition) is 0. The fourth-order valence-electron chi connectivity index (χ4n) is 1.91. The number of pyridine rings is 1. The lowest BCUT2D eigenvalue weighted by atomic mass is 10.0. The lowest BCUT2D eigenvalue weighted by Gasteiger charge is -2.16. The first-order valence-electron chi connectivity index (χ1n) is 6.13. The minimum atomic E-state index is -5.08. The molecule has 0 aliphatic rings. The van der Waals surface area contributed by atoms with Crippen molar-refractivity contribution in [2.24, 2.45) is 0 Å². The average molecular weight is 359 g/mol. The van der Waals surface area contributed by atoms with Gasteiger partial charge in [0.2, 0.25) is 0 Å². The number of halogens is 9. The van der Waals surface area contributed by atoms with E-state index in [-0.39, 0.29) is 12.1 Å². The summed E-state index contributed by atoms with van der Waals surface area (Å²) >= 11 is 0. The smallest absolute Gasteiger partial charge is 0.243 e. The molecule has 0 amide bonds. The number of benzene rings is 1. The number of nitrogens with zero attached hydrogens (tertiary/aromatic N) is 1. The minimum absolute atomic E-state index is 0.125. The quantitative estimate of drug-likeness (QED) is 0.586. The van der Waals surface area contributed by atoms with E-state index in [2.05, 4.69) is 4.98 Å². The van der Waals surface area contributed by atoms with E-state index in [0.29, 0.717) is 12.1 Å². The van der Waals surface area contributed by atoms with Gasteiger partial charge < -0.3 is 0 Å². The number of aromatic nitrogens is 1. The zero-order valence-electron chi connectivity index (χ0n) is 11.3. The Bertz CT molecular complexity index is 741. The summed E-state index contributed by atoms with van der Waals surface area (Å²) in [5.41, 5.74) is -6.43. The third-order valence-electron chi connectivity index (χ3n) is 2.95. The van der Waals surface area contributed by atoms with Crippen molar-refractivity contribution in [3.05, 3.63) is 53.2 Å². The van der Waals surface area contributed by atoms with Crippen LogP contribution in [0, 0.1) is 0 Å². The zero-order valence-corrected chi connectivity index (χ0v) is 11.3. The summed E-state index contributed by atoms with van der Waals surface area (Å²) in [6, 6.07) is 2.79. The van der Waals surface area contributed by atoms with Crippen molar-refractivity contribution in [2.75, 3.05) is 0 Å². The first-order valence-corrected chi connectivity index (χ1v) is 6.13. The highest BCUT2D eigenvalue weighted by Crippen LogP contribution is 2.40. The molecule has 1 nitrogen and oxygen atoms in total. The van der Waals surface area contributed by atoms with Crippen molar-refractivity contribution in [1.29, 1.82) is 0 Å². The van der Waals surface area contributed by atoms with Gasteiger partial charge in [0.05, 0.1) is 16.8 Å². The highest BCUT2D eigenvalue weighted by Gasteiger charge is 2.39. The van der Waals surface area contributed by atoms with E-state index in [4.69, 9.17) is 0 Å². The first kappa shape index (κ1) is 18.1. The highest BCUT2D eigenvalue weighted by atomic mass is 19.4. The number of alkyl halides is 9. The highest BCUT2D eigenvalue weighted by molar-refractivity contribution is 5.65. The summed E-state index contributed by atoms with van der Waals surface area (Å²) in [5.74, 6) is 0. The molecule has 0 saturated heterocycles. The maximum atomic E-state index is 13.0. The molecule has 0 radical (unpaired) electrons. The van der Waals surface area contributed by atoms with Crippen LogP contribution in [-0.2, 0) is 18.5 Å². The lowest BCUT2D eigenvalue weighted by molar-refractivity contribution is -0.144. The third kappa shape index (κ3) is 3.80. The summed E-state index contributed by atoms with van der Waals surface area (Å²) in [6.45, 7) is 0. The van der Waals surface area contributed by atoms with Crippen LogP contribution in [0.15, 0.2) is 36.4 Å². The van der Waals surface area contributed by atoms with Crippen LogP contribution >= 0.6 is 0 Å². The van der Waals surface area contributed by atoms with E-state index in [9.17, 15) is 39.5 Å². The Hall–Kier alpha value is -2.26. The molecular weight excluding hydrogens is 353 g/mol. The van der Waals surface area contributed by atoms with E-state index in [1.54, 1.807) is 0 Å². The molecule has 1 heterocycles. The largest absolute Gasteiger partial charge is 0.433 e. The average Bonchev–Trinajstić information content (AvgIpc) is 2.44. The van der Waals surface area contributed by atoms with Gasteiger partial charge in [0, 0.05) is 5.56 Å². The fraction of sp³-hybridized carbons (Fsp3) is 0.214. The van der Waals surface area contributed by atoms with Crippen molar-refractivity contribution < 1.29 is 39.5 Å². The molecule has 0 bridgehead atoms. The maximum Gasteiger partial charge on any atom is 0.433 e. The second-order valence-electron chi connectivity index (χ2n) is 4.67. The molecule has 0 atom stereocenters. The molecule has 0 aliphatic carbocycles. The van der Waals surface area contributed by atoms with Crippen LogP contribution in [0.25, 0.3) is 11.3 Å². The van der Waals surface area contributed by atoms with E-state index < -0.39 is 46.6 Å². The van der Waals surface area contributed by atoms with E-state index in [1.165, 1.54) is 0 Å². The molecule has 24 heavy (non-hydrogen) atoms. The Labute approximate surface area is 128 Å². The molecule has 0 spiro atoms. The predicted octanol–water partition coefficient (Wildman–Crippen LogP) is 5.81. The topological polar surface area (TPSA) is 12.9 Å². The number of hydrogen-bond acceptors (Lipinski definition) is 1. The van der Waals surface area contributed by atoms with Gasteiger partial charge in [-0.15, -0.1) is 0 Å². The van der Waals surface area contributed by atoms with Crippen LogP contribution in [0.5, 0.6) is 0 Å². The maximum absolute atomic E-state index is 13.0. The van der Waals surface area contributed by atoms with Crippen molar-refractivity contribution in [1.82, 2.24) is 4.98 Å². The van der Waals surface area contributed by atoms with Gasteiger partial charge in [0.25, 0.3) is 0 Å². The molecule has 0 saturated carbocycles. The van der Waals surface area contributed by atoms with Crippen LogP contribution in [0.3, 0.4) is 0 Å². The predicted molar refractivity (Wildman–Crippen MR) is 64.7 cm³/mol. The van der Waals surface area contributed by atoms with Gasteiger partial charge in [-0.3, -0.25) is 0 Å². The second-order valence-corrected chi connectivity index (χ2v) is 4.67. The van der Waals surface area contributed by atoms with Crippen LogP contribution < -0.4 is 0 Å². The van der Waals surface area contributed by atoms with Gasteiger partial charge >= 0.3 is 18.5 Å². The SMILES string of the molecule is FC(F)(F)c1cccc(-c2nc(C(F)(F)F)ccc2C(F)(F)F)c1. The van der Waals surface area contributed by atoms with Crippen LogP contribution in [0.2, 0.25) is 0 Å². The third-order valence-corrected chi connectivity index (χ3v) is 2.95. The van der Waals surface area contributed by atoms with Gasteiger partial charge in [-0.25, -0.2) is 4.98 Å². The van der Waals surface area contributed by atoms with Gasteiger partial charge in [-0.2, -0.15) is 39.5 Å². The molecule has 2 aromatic rings. The fourth-order valence-corrected chi connectivity index (χ4v) is 1.91. The van der Waals surface area contributed by atoms with Crippen LogP contribution in [-0.4, -0.2) is 4.98 Å². The Kier molecular flexibility index (Phi) is 4.28. The Morgan fingerprint density at radius 1 is 0.667 bits per heavy atom.